The van der Waals surface area contributed by atoms with Crippen LogP contribution >= 0.6 is 0 Å². The van der Waals surface area contributed by atoms with E-state index >= 15 is 0 Å². The number of carbonyl (C=O) groups is 5. The largest absolute Gasteiger partial charge is 0.487 e. The molecule has 0 radical (unpaired) electrons. The van der Waals surface area contributed by atoms with Crippen molar-refractivity contribution in [1.82, 2.24) is 51.0 Å². The average Bonchev–Trinajstić information content (AvgIpc) is 3.87. The van der Waals surface area contributed by atoms with E-state index < -0.39 is 54.0 Å². The number of piperazine rings is 1. The highest BCUT2D eigenvalue weighted by Gasteiger charge is 2.45. The third-order valence-electron chi connectivity index (χ3n) is 10.9. The van der Waals surface area contributed by atoms with Crippen LogP contribution in [0.15, 0.2) is 60.8 Å². The molecule has 0 spiro atoms. The third-order valence-corrected chi connectivity index (χ3v) is 10.9. The second kappa shape index (κ2) is 18.1. The molecule has 5 amide bonds. The molecule has 4 N–H and O–H groups in total. The number of hydrogen-bond acceptors (Lipinski definition) is 10. The number of aromatic nitrogens is 3. The maximum Gasteiger partial charge on any atom is 0.246 e. The van der Waals surface area contributed by atoms with Gasteiger partial charge in [0.25, 0.3) is 0 Å². The van der Waals surface area contributed by atoms with Crippen LogP contribution in [0, 0.1) is 5.92 Å². The summed E-state index contributed by atoms with van der Waals surface area (Å²) in [4.78, 5) is 76.0. The van der Waals surface area contributed by atoms with E-state index in [4.69, 9.17) is 4.74 Å². The number of nitrogens with zero attached hydrogens (tertiary/aromatic N) is 6. The first-order valence-electron chi connectivity index (χ1n) is 19.4. The number of likely N-dealkylation sites (N-methyl/N-ethyl adjacent to an activating group) is 2. The highest BCUT2D eigenvalue weighted by Crippen LogP contribution is 2.29. The van der Waals surface area contributed by atoms with Crippen molar-refractivity contribution in [2.24, 2.45) is 5.92 Å². The molecule has 300 valence electrons. The number of rotatable bonds is 8. The first kappa shape index (κ1) is 40.3. The zero-order chi connectivity index (χ0) is 39.9. The van der Waals surface area contributed by atoms with Gasteiger partial charge >= 0.3 is 0 Å². The molecule has 0 unspecified atom stereocenters. The van der Waals surface area contributed by atoms with Crippen LogP contribution in [0.2, 0.25) is 0 Å². The van der Waals surface area contributed by atoms with Gasteiger partial charge in [0.05, 0.1) is 18.3 Å². The van der Waals surface area contributed by atoms with E-state index in [1.807, 2.05) is 75.5 Å². The summed E-state index contributed by atoms with van der Waals surface area (Å²) in [7, 11) is 3.67. The second-order valence-corrected chi connectivity index (χ2v) is 15.4. The van der Waals surface area contributed by atoms with Crippen molar-refractivity contribution in [2.75, 3.05) is 46.8 Å². The SMILES string of the molecule is CN[C@@H](C)C(=O)N[C@H](C(=O)N1C[C@@H]2C[C@H]1C(=O)N[C@@H](Cc1ccccc1)C(=O)N[C@H](C(=O)N1CCN(C)CC1)Cc1ccc(cc1)OCc1cn2nn1)C(C)C. The van der Waals surface area contributed by atoms with Crippen LogP contribution in [-0.2, 0) is 43.4 Å². The van der Waals surface area contributed by atoms with Crippen molar-refractivity contribution in [3.63, 3.8) is 0 Å². The summed E-state index contributed by atoms with van der Waals surface area (Å²) in [5.74, 6) is -1.73. The molecular weight excluding hydrogens is 717 g/mol. The zero-order valence-corrected chi connectivity index (χ0v) is 32.8. The molecule has 2 saturated heterocycles. The maximum atomic E-state index is 14.5. The minimum atomic E-state index is -1.09. The first-order valence-corrected chi connectivity index (χ1v) is 19.4. The van der Waals surface area contributed by atoms with Crippen molar-refractivity contribution in [1.29, 1.82) is 0 Å². The number of carbonyl (C=O) groups excluding carboxylic acids is 5. The number of benzene rings is 2. The molecule has 7 rings (SSSR count). The van der Waals surface area contributed by atoms with Gasteiger partial charge in [-0.1, -0.05) is 61.5 Å². The predicted octanol–water partition coefficient (Wildman–Crippen LogP) is 0.290. The Kier molecular flexibility index (Phi) is 13.0. The van der Waals surface area contributed by atoms with Crippen molar-refractivity contribution in [3.05, 3.63) is 77.6 Å². The van der Waals surface area contributed by atoms with Gasteiger partial charge in [-0.25, -0.2) is 4.68 Å². The summed E-state index contributed by atoms with van der Waals surface area (Å²) in [5.41, 5.74) is 2.18. The lowest BCUT2D eigenvalue weighted by atomic mass is 10.0. The minimum absolute atomic E-state index is 0.111. The van der Waals surface area contributed by atoms with E-state index in [2.05, 4.69) is 36.5 Å². The van der Waals surface area contributed by atoms with Gasteiger partial charge < -0.3 is 40.7 Å². The van der Waals surface area contributed by atoms with Gasteiger partial charge in [0.15, 0.2) is 0 Å². The summed E-state index contributed by atoms with van der Waals surface area (Å²) in [6.45, 7) is 8.10. The standard InChI is InChI=1S/C40H54N10O6/c1-25(2)35(44-36(51)26(3)41-4)40(55)49-23-30-21-34(49)38(53)42-32(19-27-9-7-6-8-10-27)37(52)43-33(39(54)48-17-15-47(5)16-18-48)20-28-11-13-31(14-12-28)56-24-29-22-50(30)46-45-29/h6-14,22,25-26,30,32-35,41H,15-21,23-24H2,1-5H3,(H,42,53)(H,43,52)(H,44,51)/t26-,30-,32-,33-,34-,35-/m0/s1. The third kappa shape index (κ3) is 9.71. The van der Waals surface area contributed by atoms with E-state index in [0.717, 1.165) is 11.1 Å². The van der Waals surface area contributed by atoms with E-state index in [1.54, 1.807) is 29.7 Å². The highest BCUT2D eigenvalue weighted by molar-refractivity contribution is 5.96. The zero-order valence-electron chi connectivity index (χ0n) is 32.8. The monoisotopic (exact) mass is 770 g/mol. The van der Waals surface area contributed by atoms with Crippen molar-refractivity contribution in [2.45, 2.75) is 82.9 Å². The van der Waals surface area contributed by atoms with Gasteiger partial charge in [-0.15, -0.1) is 5.10 Å². The van der Waals surface area contributed by atoms with Crippen LogP contribution < -0.4 is 26.0 Å². The molecule has 0 saturated carbocycles. The van der Waals surface area contributed by atoms with Crippen LogP contribution in [0.4, 0.5) is 0 Å². The van der Waals surface area contributed by atoms with E-state index in [-0.39, 0.29) is 50.1 Å². The van der Waals surface area contributed by atoms with E-state index in [1.165, 1.54) is 4.90 Å². The van der Waals surface area contributed by atoms with Crippen molar-refractivity contribution in [3.8, 4) is 5.75 Å². The molecule has 6 bridgehead atoms. The lowest BCUT2D eigenvalue weighted by Gasteiger charge is -2.35. The Hall–Kier alpha value is -5.35. The van der Waals surface area contributed by atoms with Gasteiger partial charge in [0.1, 0.15) is 42.2 Å². The number of nitrogens with one attached hydrogen (secondary N) is 4. The minimum Gasteiger partial charge on any atom is -0.487 e. The molecule has 5 heterocycles. The number of hydrogen-bond donors (Lipinski definition) is 4. The molecule has 3 aromatic rings. The Labute approximate surface area is 327 Å². The molecule has 1 aromatic heterocycles. The molecule has 56 heavy (non-hydrogen) atoms. The van der Waals surface area contributed by atoms with Crippen molar-refractivity contribution >= 4 is 29.5 Å². The van der Waals surface area contributed by atoms with Crippen LogP contribution in [-0.4, -0.2) is 136 Å². The fourth-order valence-electron chi connectivity index (χ4n) is 7.32. The van der Waals surface area contributed by atoms with Crippen LogP contribution in [0.1, 0.15) is 50.1 Å². The number of ether oxygens (including phenoxy) is 1. The predicted molar refractivity (Wildman–Crippen MR) is 207 cm³/mol. The van der Waals surface area contributed by atoms with E-state index in [0.29, 0.717) is 37.6 Å². The quantitative estimate of drug-likeness (QED) is 0.249. The summed E-state index contributed by atoms with van der Waals surface area (Å²) in [6, 6.07) is 11.8. The molecule has 16 nitrogen and oxygen atoms in total. The summed E-state index contributed by atoms with van der Waals surface area (Å²) >= 11 is 0. The maximum absolute atomic E-state index is 14.5. The van der Waals surface area contributed by atoms with Crippen molar-refractivity contribution < 1.29 is 28.7 Å². The lowest BCUT2D eigenvalue weighted by Crippen LogP contribution is -2.60. The van der Waals surface area contributed by atoms with Crippen LogP contribution in [0.25, 0.3) is 0 Å². The molecule has 4 aliphatic heterocycles. The fourth-order valence-corrected chi connectivity index (χ4v) is 7.32. The summed E-state index contributed by atoms with van der Waals surface area (Å²) in [5, 5.41) is 20.4. The Balaban J connectivity index is 1.36. The van der Waals surface area contributed by atoms with E-state index in [9.17, 15) is 24.0 Å². The number of amides is 5. The molecule has 16 heteroatoms. The Morgan fingerprint density at radius 3 is 2.34 bits per heavy atom. The molecule has 2 fully saturated rings. The van der Waals surface area contributed by atoms with Crippen LogP contribution in [0.3, 0.4) is 0 Å². The summed E-state index contributed by atoms with van der Waals surface area (Å²) < 4.78 is 7.67. The number of fused-ring (bicyclic) bond motifs is 9. The average molecular weight is 771 g/mol. The normalized spacial score (nSPS) is 23.2. The summed E-state index contributed by atoms with van der Waals surface area (Å²) in [6.07, 6.45) is 2.28. The topological polar surface area (TPSA) is 183 Å². The van der Waals surface area contributed by atoms with Crippen LogP contribution in [0.5, 0.6) is 5.75 Å². The first-order chi connectivity index (χ1) is 26.9. The second-order valence-electron chi connectivity index (χ2n) is 15.4. The Morgan fingerprint density at radius 2 is 1.66 bits per heavy atom. The fraction of sp³-hybridized carbons (Fsp3) is 0.525. The smallest absolute Gasteiger partial charge is 0.246 e. The molecule has 0 aliphatic carbocycles. The van der Waals surface area contributed by atoms with Gasteiger partial charge in [0, 0.05) is 52.0 Å². The Morgan fingerprint density at radius 1 is 0.946 bits per heavy atom. The highest BCUT2D eigenvalue weighted by atomic mass is 16.5. The van der Waals surface area contributed by atoms with Gasteiger partial charge in [-0.2, -0.15) is 0 Å². The lowest BCUT2D eigenvalue weighted by molar-refractivity contribution is -0.143. The molecule has 2 aromatic carbocycles. The number of likely N-dealkylation sites (tertiary alicyclic amines) is 1. The molecular formula is C40H54N10O6. The van der Waals surface area contributed by atoms with Gasteiger partial charge in [-0.05, 0) is 50.2 Å². The Bertz CT molecular complexity index is 1840. The molecule has 6 atom stereocenters. The van der Waals surface area contributed by atoms with Gasteiger partial charge in [-0.3, -0.25) is 24.0 Å². The molecule has 4 aliphatic rings. The van der Waals surface area contributed by atoms with Gasteiger partial charge in [0.2, 0.25) is 29.5 Å².